The first-order valence-corrected chi connectivity index (χ1v) is 11.4. The lowest BCUT2D eigenvalue weighted by Gasteiger charge is -2.50. The number of rotatable bonds is 5. The van der Waals surface area contributed by atoms with Gasteiger partial charge in [0.05, 0.1) is 36.7 Å². The zero-order valence-corrected chi connectivity index (χ0v) is 20.2. The lowest BCUT2D eigenvalue weighted by molar-refractivity contribution is 0.0378. The van der Waals surface area contributed by atoms with Crippen molar-refractivity contribution in [2.45, 2.75) is 25.1 Å². The number of amides is 3. The number of para-hydroxylation sites is 1. The van der Waals surface area contributed by atoms with Gasteiger partial charge in [0, 0.05) is 23.6 Å². The van der Waals surface area contributed by atoms with Crippen molar-refractivity contribution in [1.29, 1.82) is 0 Å². The van der Waals surface area contributed by atoms with Gasteiger partial charge in [0.2, 0.25) is 0 Å². The Morgan fingerprint density at radius 3 is 2.66 bits per heavy atom. The summed E-state index contributed by atoms with van der Waals surface area (Å²) in [6, 6.07) is 17.2. The Labute approximate surface area is 207 Å². The minimum atomic E-state index is -0.914. The second-order valence-corrected chi connectivity index (χ2v) is 8.96. The standard InChI is InChI=1S/C26H24ClN3O5/c1-26-14-20(17-9-4-5-10-21(17)35-26)29-25(32)30(26)16-8-6-7-15(11-16)24(31)28-19-12-18(27)22(33-2)13-23(19)34-3/h4-13,20H,14H2,1-3H3,(H,28,31)(H,29,32)/t20-,26+/m0/s1. The van der Waals surface area contributed by atoms with Crippen LogP contribution >= 0.6 is 11.6 Å². The van der Waals surface area contributed by atoms with Gasteiger partial charge in [0.1, 0.15) is 17.2 Å². The van der Waals surface area contributed by atoms with Crippen LogP contribution in [0.4, 0.5) is 16.2 Å². The molecule has 0 aromatic heterocycles. The molecule has 1 fully saturated rings. The Bertz CT molecular complexity index is 1330. The lowest BCUT2D eigenvalue weighted by atomic mass is 9.90. The molecule has 2 atom stereocenters. The molecule has 5 rings (SSSR count). The Kier molecular flexibility index (Phi) is 5.68. The van der Waals surface area contributed by atoms with Crippen LogP contribution in [0.3, 0.4) is 0 Å². The van der Waals surface area contributed by atoms with E-state index in [9.17, 15) is 9.59 Å². The number of fused-ring (bicyclic) bond motifs is 4. The van der Waals surface area contributed by atoms with Gasteiger partial charge in [-0.15, -0.1) is 0 Å². The highest BCUT2D eigenvalue weighted by molar-refractivity contribution is 6.32. The van der Waals surface area contributed by atoms with Crippen LogP contribution in [-0.4, -0.2) is 31.9 Å². The predicted octanol–water partition coefficient (Wildman–Crippen LogP) is 5.38. The fourth-order valence-electron chi connectivity index (χ4n) is 4.65. The number of nitrogens with zero attached hydrogens (tertiary/aromatic N) is 1. The summed E-state index contributed by atoms with van der Waals surface area (Å²) in [5.74, 6) is 1.18. The van der Waals surface area contributed by atoms with Gasteiger partial charge in [0.25, 0.3) is 5.91 Å². The fourth-order valence-corrected chi connectivity index (χ4v) is 4.89. The summed E-state index contributed by atoms with van der Waals surface area (Å²) in [5.41, 5.74) is 1.33. The summed E-state index contributed by atoms with van der Waals surface area (Å²) >= 11 is 6.23. The van der Waals surface area contributed by atoms with Gasteiger partial charge in [0.15, 0.2) is 5.72 Å². The molecular weight excluding hydrogens is 470 g/mol. The highest BCUT2D eigenvalue weighted by atomic mass is 35.5. The first-order chi connectivity index (χ1) is 16.8. The summed E-state index contributed by atoms with van der Waals surface area (Å²) in [7, 11) is 2.99. The van der Waals surface area contributed by atoms with Crippen LogP contribution in [0, 0.1) is 0 Å². The number of urea groups is 1. The van der Waals surface area contributed by atoms with Crippen LogP contribution in [0.1, 0.15) is 35.3 Å². The first-order valence-electron chi connectivity index (χ1n) is 11.0. The van der Waals surface area contributed by atoms with E-state index in [4.69, 9.17) is 25.8 Å². The Morgan fingerprint density at radius 1 is 1.11 bits per heavy atom. The molecule has 35 heavy (non-hydrogen) atoms. The molecule has 3 amide bonds. The maximum atomic E-state index is 13.2. The molecule has 8 nitrogen and oxygen atoms in total. The van der Waals surface area contributed by atoms with E-state index in [1.165, 1.54) is 14.2 Å². The van der Waals surface area contributed by atoms with Gasteiger partial charge < -0.3 is 24.8 Å². The topological polar surface area (TPSA) is 89.1 Å². The summed E-state index contributed by atoms with van der Waals surface area (Å²) in [6.07, 6.45) is 0.563. The van der Waals surface area contributed by atoms with Crippen LogP contribution in [0.5, 0.6) is 17.2 Å². The van der Waals surface area contributed by atoms with Gasteiger partial charge in [-0.25, -0.2) is 4.79 Å². The van der Waals surface area contributed by atoms with E-state index >= 15 is 0 Å². The number of anilines is 2. The summed E-state index contributed by atoms with van der Waals surface area (Å²) in [4.78, 5) is 27.9. The first kappa shape index (κ1) is 22.9. The number of ether oxygens (including phenoxy) is 3. The van der Waals surface area contributed by atoms with E-state index in [1.54, 1.807) is 41.3 Å². The van der Waals surface area contributed by atoms with E-state index in [1.807, 2.05) is 31.2 Å². The number of carbonyl (C=O) groups is 2. The summed E-state index contributed by atoms with van der Waals surface area (Å²) < 4.78 is 16.9. The third-order valence-corrected chi connectivity index (χ3v) is 6.56. The predicted molar refractivity (Wildman–Crippen MR) is 133 cm³/mol. The number of benzene rings is 3. The number of nitrogens with one attached hydrogen (secondary N) is 2. The Morgan fingerprint density at radius 2 is 1.89 bits per heavy atom. The molecule has 2 heterocycles. The molecule has 180 valence electrons. The normalized spacial score (nSPS) is 20.3. The lowest BCUT2D eigenvalue weighted by Crippen LogP contribution is -2.65. The zero-order valence-electron chi connectivity index (χ0n) is 19.4. The summed E-state index contributed by atoms with van der Waals surface area (Å²) in [6.45, 7) is 1.88. The molecule has 0 spiro atoms. The Hall–Kier alpha value is -3.91. The molecule has 0 saturated carbocycles. The van der Waals surface area contributed by atoms with Crippen molar-refractivity contribution >= 4 is 34.9 Å². The van der Waals surface area contributed by atoms with Crippen molar-refractivity contribution in [3.8, 4) is 17.2 Å². The quantitative estimate of drug-likeness (QED) is 0.498. The van der Waals surface area contributed by atoms with Crippen LogP contribution in [0.15, 0.2) is 60.7 Å². The van der Waals surface area contributed by atoms with Crippen LogP contribution in [0.25, 0.3) is 0 Å². The SMILES string of the molecule is COc1cc(OC)c(NC(=O)c2cccc(N3C(=O)N[C@H]4C[C@@]3(C)Oc3ccccc34)c2)cc1Cl. The van der Waals surface area contributed by atoms with Crippen molar-refractivity contribution in [3.05, 3.63) is 76.8 Å². The molecule has 2 aliphatic rings. The maximum absolute atomic E-state index is 13.2. The van der Waals surface area contributed by atoms with E-state index in [0.717, 1.165) is 11.3 Å². The molecule has 0 unspecified atom stereocenters. The minimum absolute atomic E-state index is 0.146. The van der Waals surface area contributed by atoms with E-state index < -0.39 is 5.72 Å². The highest BCUT2D eigenvalue weighted by Gasteiger charge is 2.49. The molecule has 0 aliphatic carbocycles. The monoisotopic (exact) mass is 493 g/mol. The van der Waals surface area contributed by atoms with Gasteiger partial charge in [-0.05, 0) is 37.3 Å². The molecule has 3 aromatic rings. The van der Waals surface area contributed by atoms with Crippen LogP contribution < -0.4 is 29.7 Å². The van der Waals surface area contributed by atoms with Crippen LogP contribution in [-0.2, 0) is 0 Å². The zero-order chi connectivity index (χ0) is 24.7. The molecule has 3 aromatic carbocycles. The molecule has 0 radical (unpaired) electrons. The van der Waals surface area contributed by atoms with E-state index in [2.05, 4.69) is 10.6 Å². The molecule has 2 N–H and O–H groups in total. The third-order valence-electron chi connectivity index (χ3n) is 6.27. The largest absolute Gasteiger partial charge is 0.495 e. The average Bonchev–Trinajstić information content (AvgIpc) is 2.84. The average molecular weight is 494 g/mol. The van der Waals surface area contributed by atoms with Crippen molar-refractivity contribution in [1.82, 2.24) is 5.32 Å². The number of methoxy groups -OCH3 is 2. The van der Waals surface area contributed by atoms with Crippen LogP contribution in [0.2, 0.25) is 5.02 Å². The molecule has 2 bridgehead atoms. The highest BCUT2D eigenvalue weighted by Crippen LogP contribution is 2.45. The number of hydrogen-bond acceptors (Lipinski definition) is 5. The minimum Gasteiger partial charge on any atom is -0.495 e. The molecule has 1 saturated heterocycles. The Balaban J connectivity index is 1.44. The van der Waals surface area contributed by atoms with E-state index in [0.29, 0.717) is 39.9 Å². The van der Waals surface area contributed by atoms with Gasteiger partial charge in [-0.1, -0.05) is 35.9 Å². The van der Waals surface area contributed by atoms with Gasteiger partial charge >= 0.3 is 6.03 Å². The number of hydrogen-bond donors (Lipinski definition) is 2. The molecular formula is C26H24ClN3O5. The van der Waals surface area contributed by atoms with Crippen molar-refractivity contribution in [2.24, 2.45) is 0 Å². The van der Waals surface area contributed by atoms with Gasteiger partial charge in [-0.2, -0.15) is 0 Å². The van der Waals surface area contributed by atoms with Crippen molar-refractivity contribution < 1.29 is 23.8 Å². The molecule has 2 aliphatic heterocycles. The molecule has 9 heteroatoms. The smallest absolute Gasteiger partial charge is 0.325 e. The maximum Gasteiger partial charge on any atom is 0.325 e. The van der Waals surface area contributed by atoms with E-state index in [-0.39, 0.29) is 18.0 Å². The second kappa shape index (κ2) is 8.70. The number of carbonyl (C=O) groups excluding carboxylic acids is 2. The van der Waals surface area contributed by atoms with Crippen molar-refractivity contribution in [3.63, 3.8) is 0 Å². The van der Waals surface area contributed by atoms with Gasteiger partial charge in [-0.3, -0.25) is 9.69 Å². The second-order valence-electron chi connectivity index (χ2n) is 8.55. The third kappa shape index (κ3) is 4.00. The number of halogens is 1. The fraction of sp³-hybridized carbons (Fsp3) is 0.231. The summed E-state index contributed by atoms with van der Waals surface area (Å²) in [5, 5.41) is 6.22. The van der Waals surface area contributed by atoms with Crippen molar-refractivity contribution in [2.75, 3.05) is 24.4 Å².